The zero-order chi connectivity index (χ0) is 25.8. The highest BCUT2D eigenvalue weighted by molar-refractivity contribution is 7.80. The maximum atomic E-state index is 12.9. The molecule has 0 bridgehead atoms. The van der Waals surface area contributed by atoms with Gasteiger partial charge in [0.15, 0.2) is 5.11 Å². The van der Waals surface area contributed by atoms with Crippen LogP contribution in [-0.2, 0) is 24.1 Å². The molecule has 0 spiro atoms. The van der Waals surface area contributed by atoms with Crippen LogP contribution in [0.15, 0.2) is 18.2 Å². The first kappa shape index (κ1) is 26.9. The molecule has 0 radical (unpaired) electrons. The number of aromatic nitrogens is 2. The van der Waals surface area contributed by atoms with Crippen molar-refractivity contribution in [3.8, 4) is 0 Å². The minimum absolute atomic E-state index is 0.291. The lowest BCUT2D eigenvalue weighted by Crippen LogP contribution is -2.21. The van der Waals surface area contributed by atoms with Gasteiger partial charge in [-0.15, -0.1) is 11.3 Å². The molecule has 0 saturated heterocycles. The molecular weight excluding hydrogens is 535 g/mol. The van der Waals surface area contributed by atoms with Crippen molar-refractivity contribution >= 4 is 68.5 Å². The number of rotatable bonds is 6. The van der Waals surface area contributed by atoms with E-state index >= 15 is 0 Å². The zero-order valence-corrected chi connectivity index (χ0v) is 23.8. The number of ether oxygens (including phenoxy) is 1. The molecular formula is C26H30Cl2N4O2S2. The Morgan fingerprint density at radius 3 is 2.64 bits per heavy atom. The third-order valence-corrected chi connectivity index (χ3v) is 8.33. The highest BCUT2D eigenvalue weighted by Gasteiger charge is 2.26. The molecule has 2 heterocycles. The van der Waals surface area contributed by atoms with Crippen molar-refractivity contribution in [3.05, 3.63) is 61.2 Å². The normalized spacial score (nSPS) is 13.5. The molecule has 0 aliphatic heterocycles. The molecule has 0 amide bonds. The summed E-state index contributed by atoms with van der Waals surface area (Å²) in [6.07, 6.45) is 6.48. The molecule has 0 fully saturated rings. The lowest BCUT2D eigenvalue weighted by Gasteiger charge is -2.13. The number of nitrogens with one attached hydrogen (secondary N) is 2. The number of hydrogen-bond acceptors (Lipinski definition) is 5. The van der Waals surface area contributed by atoms with E-state index in [1.165, 1.54) is 17.7 Å². The fraction of sp³-hybridized carbons (Fsp3) is 0.423. The number of benzene rings is 1. The number of fused-ring (bicyclic) bond motifs is 1. The number of thiophene rings is 1. The monoisotopic (exact) mass is 564 g/mol. The highest BCUT2D eigenvalue weighted by atomic mass is 35.5. The summed E-state index contributed by atoms with van der Waals surface area (Å²) < 4.78 is 7.30. The van der Waals surface area contributed by atoms with Gasteiger partial charge in [0.25, 0.3) is 0 Å². The summed E-state index contributed by atoms with van der Waals surface area (Å²) in [5.41, 5.74) is 5.23. The van der Waals surface area contributed by atoms with E-state index in [0.717, 1.165) is 58.9 Å². The van der Waals surface area contributed by atoms with Gasteiger partial charge in [0, 0.05) is 14.9 Å². The molecule has 0 saturated carbocycles. The van der Waals surface area contributed by atoms with E-state index in [0.29, 0.717) is 33.9 Å². The number of thiocarbonyl (C=S) groups is 1. The molecule has 0 atom stereocenters. The van der Waals surface area contributed by atoms with Crippen LogP contribution in [0.4, 0.5) is 10.7 Å². The number of aryl methyl sites for hydroxylation is 2. The summed E-state index contributed by atoms with van der Waals surface area (Å²) in [4.78, 5) is 14.2. The minimum Gasteiger partial charge on any atom is -0.462 e. The maximum Gasteiger partial charge on any atom is 0.341 e. The molecule has 1 aliphatic rings. The van der Waals surface area contributed by atoms with E-state index in [1.54, 1.807) is 17.4 Å². The lowest BCUT2D eigenvalue weighted by molar-refractivity contribution is 0.0526. The van der Waals surface area contributed by atoms with E-state index in [-0.39, 0.29) is 5.97 Å². The topological polar surface area (TPSA) is 68.2 Å². The van der Waals surface area contributed by atoms with Crippen LogP contribution in [0.3, 0.4) is 0 Å². The van der Waals surface area contributed by atoms with Crippen LogP contribution in [-0.4, -0.2) is 27.5 Å². The van der Waals surface area contributed by atoms with E-state index in [1.807, 2.05) is 37.6 Å². The highest BCUT2D eigenvalue weighted by Crippen LogP contribution is 2.38. The first-order chi connectivity index (χ1) is 17.3. The van der Waals surface area contributed by atoms with Gasteiger partial charge in [-0.05, 0) is 81.9 Å². The quantitative estimate of drug-likeness (QED) is 0.238. The Hall–Kier alpha value is -2.13. The summed E-state index contributed by atoms with van der Waals surface area (Å²) in [6.45, 7) is 6.58. The zero-order valence-electron chi connectivity index (χ0n) is 20.7. The predicted molar refractivity (Wildman–Crippen MR) is 153 cm³/mol. The number of esters is 1. The van der Waals surface area contributed by atoms with Gasteiger partial charge in [-0.3, -0.25) is 4.68 Å². The first-order valence-corrected chi connectivity index (χ1v) is 14.1. The molecule has 10 heteroatoms. The fourth-order valence-electron chi connectivity index (χ4n) is 4.52. The lowest BCUT2D eigenvalue weighted by atomic mass is 9.96. The van der Waals surface area contributed by atoms with Gasteiger partial charge in [0.05, 0.1) is 35.8 Å². The van der Waals surface area contributed by atoms with E-state index < -0.39 is 0 Å². The van der Waals surface area contributed by atoms with Crippen LogP contribution in [0.2, 0.25) is 10.0 Å². The maximum absolute atomic E-state index is 12.9. The number of halogens is 2. The van der Waals surface area contributed by atoms with Gasteiger partial charge >= 0.3 is 5.97 Å². The van der Waals surface area contributed by atoms with Gasteiger partial charge in [-0.2, -0.15) is 5.10 Å². The second kappa shape index (κ2) is 11.9. The number of carbonyl (C=O) groups excluding carboxylic acids is 1. The van der Waals surface area contributed by atoms with Crippen LogP contribution in [0, 0.1) is 13.8 Å². The largest absolute Gasteiger partial charge is 0.462 e. The second-order valence-corrected chi connectivity index (χ2v) is 11.2. The molecule has 192 valence electrons. The van der Waals surface area contributed by atoms with Gasteiger partial charge in [-0.1, -0.05) is 42.1 Å². The molecule has 2 aromatic heterocycles. The van der Waals surface area contributed by atoms with E-state index in [9.17, 15) is 4.79 Å². The standard InChI is InChI=1S/C26H30Cl2N4O2S2/c1-4-34-25(33)22-19-9-7-5-6-8-10-21(19)36-24(22)30-26(35)29-23-15(2)31-32(16(23)3)14-17-11-12-18(27)13-20(17)28/h11-13H,4-10,14H2,1-3H3,(H2,29,30,35). The average molecular weight is 566 g/mol. The number of anilines is 2. The van der Waals surface area contributed by atoms with Crippen LogP contribution in [0.5, 0.6) is 0 Å². The molecule has 3 aromatic rings. The first-order valence-electron chi connectivity index (χ1n) is 12.2. The summed E-state index contributed by atoms with van der Waals surface area (Å²) in [7, 11) is 0. The van der Waals surface area contributed by atoms with Crippen LogP contribution < -0.4 is 10.6 Å². The van der Waals surface area contributed by atoms with Gasteiger partial charge in [0.2, 0.25) is 0 Å². The van der Waals surface area contributed by atoms with E-state index in [2.05, 4.69) is 15.7 Å². The summed E-state index contributed by atoms with van der Waals surface area (Å²) in [5.74, 6) is -0.291. The number of nitrogens with zero attached hydrogens (tertiary/aromatic N) is 2. The predicted octanol–water partition coefficient (Wildman–Crippen LogP) is 7.56. The Morgan fingerprint density at radius 2 is 1.92 bits per heavy atom. The number of hydrogen-bond donors (Lipinski definition) is 2. The second-order valence-electron chi connectivity index (χ2n) is 8.86. The molecule has 4 rings (SSSR count). The van der Waals surface area contributed by atoms with Crippen molar-refractivity contribution in [1.82, 2.24) is 9.78 Å². The van der Waals surface area contributed by atoms with Crippen LogP contribution >= 0.6 is 46.8 Å². The summed E-state index contributed by atoms with van der Waals surface area (Å²) in [6, 6.07) is 5.45. The Bertz CT molecular complexity index is 1290. The van der Waals surface area contributed by atoms with Crippen molar-refractivity contribution in [2.45, 2.75) is 65.8 Å². The third-order valence-electron chi connectivity index (χ3n) is 6.33. The molecule has 6 nitrogen and oxygen atoms in total. The average Bonchev–Trinajstić information content (AvgIpc) is 3.26. The Balaban J connectivity index is 1.55. The molecule has 2 N–H and O–H groups in total. The van der Waals surface area contributed by atoms with Crippen molar-refractivity contribution < 1.29 is 9.53 Å². The summed E-state index contributed by atoms with van der Waals surface area (Å²) in [5, 5.41) is 13.6. The molecule has 36 heavy (non-hydrogen) atoms. The third kappa shape index (κ3) is 6.05. The molecule has 1 aliphatic carbocycles. The van der Waals surface area contributed by atoms with Crippen LogP contribution in [0.25, 0.3) is 0 Å². The molecule has 1 aromatic carbocycles. The van der Waals surface area contributed by atoms with Crippen molar-refractivity contribution in [2.75, 3.05) is 17.2 Å². The van der Waals surface area contributed by atoms with Crippen molar-refractivity contribution in [2.24, 2.45) is 0 Å². The summed E-state index contributed by atoms with van der Waals surface area (Å²) >= 11 is 19.7. The van der Waals surface area contributed by atoms with Gasteiger partial charge in [0.1, 0.15) is 5.00 Å². The van der Waals surface area contributed by atoms with Gasteiger partial charge in [-0.25, -0.2) is 4.79 Å². The van der Waals surface area contributed by atoms with Gasteiger partial charge < -0.3 is 15.4 Å². The smallest absolute Gasteiger partial charge is 0.341 e. The minimum atomic E-state index is -0.291. The Kier molecular flexibility index (Phi) is 8.93. The SMILES string of the molecule is CCOC(=O)c1c(NC(=S)Nc2c(C)nn(Cc3ccc(Cl)cc3Cl)c2C)sc2c1CCCCCC2. The van der Waals surface area contributed by atoms with Crippen molar-refractivity contribution in [3.63, 3.8) is 0 Å². The van der Waals surface area contributed by atoms with Crippen LogP contribution in [0.1, 0.15) is 70.4 Å². The fourth-order valence-corrected chi connectivity index (χ4v) is 6.54. The Morgan fingerprint density at radius 1 is 1.17 bits per heavy atom. The number of carbonyl (C=O) groups is 1. The van der Waals surface area contributed by atoms with E-state index in [4.69, 9.17) is 40.2 Å². The van der Waals surface area contributed by atoms with Crippen molar-refractivity contribution in [1.29, 1.82) is 0 Å². The Labute approximate surface area is 231 Å². The molecule has 0 unspecified atom stereocenters.